The van der Waals surface area contributed by atoms with Gasteiger partial charge >= 0.3 is 0 Å². The van der Waals surface area contributed by atoms with Crippen LogP contribution in [0.1, 0.15) is 83.8 Å². The number of hydrogen-bond donors (Lipinski definition) is 1. The molecular weight excluding hydrogens is 1100 g/mol. The average molecular weight is 1160 g/mol. The molecule has 13 nitrogen and oxygen atoms in total. The van der Waals surface area contributed by atoms with Crippen LogP contribution in [0.15, 0.2) is 207 Å². The van der Waals surface area contributed by atoms with Gasteiger partial charge in [0.15, 0.2) is 5.75 Å². The summed E-state index contributed by atoms with van der Waals surface area (Å²) < 4.78 is 87.6. The predicted octanol–water partition coefficient (Wildman–Crippen LogP) is 13.0. The maximum Gasteiger partial charge on any atom is 0.258 e. The van der Waals surface area contributed by atoms with Gasteiger partial charge in [-0.05, 0) is 108 Å². The van der Waals surface area contributed by atoms with Crippen LogP contribution in [-0.2, 0) is 52.6 Å². The maximum absolute atomic E-state index is 14.1. The number of ether oxygens (including phenoxy) is 1. The van der Waals surface area contributed by atoms with Crippen molar-refractivity contribution >= 4 is 65.0 Å². The van der Waals surface area contributed by atoms with E-state index in [0.29, 0.717) is 56.4 Å². The topological polar surface area (TPSA) is 159 Å². The van der Waals surface area contributed by atoms with E-state index < -0.39 is 26.2 Å². The van der Waals surface area contributed by atoms with E-state index in [1.807, 2.05) is 73.7 Å². The zero-order valence-electron chi connectivity index (χ0n) is 46.6. The zero-order valence-corrected chi connectivity index (χ0v) is 48.2. The zero-order chi connectivity index (χ0) is 59.1. The summed E-state index contributed by atoms with van der Waals surface area (Å²) in [7, 11) is -7.26. The highest BCUT2D eigenvalue weighted by molar-refractivity contribution is 7.92. The molecular formula is C67H60F2N6O7S2. The molecule has 8 aromatic carbocycles. The van der Waals surface area contributed by atoms with Crippen LogP contribution >= 0.6 is 0 Å². The van der Waals surface area contributed by atoms with Crippen molar-refractivity contribution in [2.45, 2.75) is 52.6 Å². The van der Waals surface area contributed by atoms with E-state index in [1.165, 1.54) is 39.7 Å². The van der Waals surface area contributed by atoms with E-state index >= 15 is 0 Å². The van der Waals surface area contributed by atoms with Gasteiger partial charge in [-0.2, -0.15) is 0 Å². The van der Waals surface area contributed by atoms with Gasteiger partial charge < -0.3 is 14.5 Å². The smallest absolute Gasteiger partial charge is 0.258 e. The van der Waals surface area contributed by atoms with Crippen molar-refractivity contribution in [3.63, 3.8) is 0 Å². The van der Waals surface area contributed by atoms with Crippen molar-refractivity contribution in [3.05, 3.63) is 279 Å². The summed E-state index contributed by atoms with van der Waals surface area (Å²) in [6.07, 6.45) is 5.92. The summed E-state index contributed by atoms with van der Waals surface area (Å²) in [5.74, 6) is -0.935. The Bertz CT molecular complexity index is 4170. The lowest BCUT2D eigenvalue weighted by Crippen LogP contribution is -2.31. The summed E-state index contributed by atoms with van der Waals surface area (Å²) in [6.45, 7) is 4.77. The van der Waals surface area contributed by atoms with Crippen molar-refractivity contribution in [1.82, 2.24) is 19.8 Å². The van der Waals surface area contributed by atoms with Gasteiger partial charge in [-0.25, -0.2) is 25.6 Å². The number of pyridine rings is 2. The first kappa shape index (κ1) is 57.9. The molecule has 1 N–H and O–H groups in total. The molecule has 4 heterocycles. The Labute approximate surface area is 487 Å². The number of carbonyl (C=O) groups excluding carboxylic acids is 2. The summed E-state index contributed by atoms with van der Waals surface area (Å²) >= 11 is 0. The quantitative estimate of drug-likeness (QED) is 0.105. The minimum absolute atomic E-state index is 0.131. The van der Waals surface area contributed by atoms with Crippen LogP contribution < -0.4 is 13.8 Å². The highest BCUT2D eigenvalue weighted by Gasteiger charge is 2.39. The fourth-order valence-electron chi connectivity index (χ4n) is 10.8. The number of fused-ring (bicyclic) bond motifs is 4. The number of nitrogens with one attached hydrogen (secondary N) is 1. The van der Waals surface area contributed by atoms with Crippen LogP contribution in [-0.4, -0.2) is 67.5 Å². The molecule has 10 aromatic rings. The molecule has 426 valence electrons. The third-order valence-corrected chi connectivity index (χ3v) is 16.4. The first-order valence-corrected chi connectivity index (χ1v) is 30.9. The number of sulfonamides is 2. The molecule has 2 aliphatic heterocycles. The third-order valence-electron chi connectivity index (χ3n) is 14.5. The van der Waals surface area contributed by atoms with Crippen LogP contribution in [0.2, 0.25) is 0 Å². The van der Waals surface area contributed by atoms with E-state index in [0.717, 1.165) is 46.7 Å². The van der Waals surface area contributed by atoms with Crippen LogP contribution in [0.4, 0.5) is 20.2 Å². The Hall–Kier alpha value is -9.32. The molecule has 0 unspecified atom stereocenters. The lowest BCUT2D eigenvalue weighted by Gasteiger charge is -2.25. The predicted molar refractivity (Wildman–Crippen MR) is 326 cm³/mol. The Balaban J connectivity index is 0.000000159. The fourth-order valence-corrected chi connectivity index (χ4v) is 12.4. The van der Waals surface area contributed by atoms with Crippen LogP contribution in [0, 0.1) is 18.6 Å². The number of halogens is 2. The monoisotopic (exact) mass is 1160 g/mol. The number of hydrogen-bond acceptors (Lipinski definition) is 9. The van der Waals surface area contributed by atoms with Crippen molar-refractivity contribution < 1.29 is 39.9 Å². The molecule has 0 spiro atoms. The molecule has 2 aliphatic rings. The van der Waals surface area contributed by atoms with Gasteiger partial charge in [-0.3, -0.25) is 28.6 Å². The molecule has 0 saturated heterocycles. The first-order valence-electron chi connectivity index (χ1n) is 27.2. The van der Waals surface area contributed by atoms with Crippen molar-refractivity contribution in [1.29, 1.82) is 0 Å². The Morgan fingerprint density at radius 3 is 1.49 bits per heavy atom. The number of carbonyl (C=O) groups is 2. The Kier molecular flexibility index (Phi) is 17.3. The van der Waals surface area contributed by atoms with Crippen molar-refractivity contribution in [2.75, 3.05) is 28.1 Å². The van der Waals surface area contributed by atoms with Crippen LogP contribution in [0.25, 0.3) is 21.8 Å². The van der Waals surface area contributed by atoms with E-state index in [4.69, 9.17) is 4.74 Å². The second-order valence-corrected chi connectivity index (χ2v) is 24.2. The molecule has 84 heavy (non-hydrogen) atoms. The average Bonchev–Trinajstić information content (AvgIpc) is 1.93. The normalized spacial score (nSPS) is 12.8. The van der Waals surface area contributed by atoms with Gasteiger partial charge in [-0.15, -0.1) is 0 Å². The number of rotatable bonds is 15. The van der Waals surface area contributed by atoms with Crippen LogP contribution in [0.5, 0.6) is 5.75 Å². The maximum atomic E-state index is 14.1. The summed E-state index contributed by atoms with van der Waals surface area (Å²) in [4.78, 5) is 39.6. The molecule has 0 radical (unpaired) electrons. The summed E-state index contributed by atoms with van der Waals surface area (Å²) in [6, 6.07) is 59.4. The molecule has 0 aliphatic carbocycles. The number of nitrogens with zero attached hydrogens (tertiary/aromatic N) is 5. The summed E-state index contributed by atoms with van der Waals surface area (Å²) in [5, 5.41) is 1.22. The minimum atomic E-state index is -3.70. The molecule has 12 rings (SSSR count). The number of amides is 2. The van der Waals surface area contributed by atoms with Crippen molar-refractivity contribution in [2.24, 2.45) is 0 Å². The molecule has 2 amide bonds. The minimum Gasteiger partial charge on any atom is -0.478 e. The number of benzene rings is 8. The van der Waals surface area contributed by atoms with Gasteiger partial charge in [0.1, 0.15) is 23.3 Å². The highest BCUT2D eigenvalue weighted by Crippen LogP contribution is 2.46. The Morgan fingerprint density at radius 2 is 1.01 bits per heavy atom. The molecule has 0 saturated carbocycles. The second kappa shape index (κ2) is 25.0. The SMILES string of the molecule is CCN(c1c2c(c(C)c3ncccc13)C(=O)N(Cc1ccc(F)cc1)C2)S(C)(=O)=O.CS(=O)(=O)Nc1c2c(c(OC(c3ccccc3)c3ccccc3)c3ncccc13)C(=O)N(Cc1ccc(F)cc1)C2.c1ccc(Cc2ccccc2)cc1. The molecule has 0 bridgehead atoms. The van der Waals surface area contributed by atoms with Gasteiger partial charge in [-0.1, -0.05) is 146 Å². The van der Waals surface area contributed by atoms with Gasteiger partial charge in [0.05, 0.1) is 40.5 Å². The van der Waals surface area contributed by atoms with Gasteiger partial charge in [0.25, 0.3) is 11.8 Å². The fraction of sp³-hybridized carbons (Fsp3) is 0.164. The van der Waals surface area contributed by atoms with E-state index in [9.17, 15) is 35.2 Å². The van der Waals surface area contributed by atoms with E-state index in [2.05, 4.69) is 75.4 Å². The number of anilines is 2. The number of aryl methyl sites for hydroxylation is 1. The number of aromatic nitrogens is 2. The van der Waals surface area contributed by atoms with Crippen molar-refractivity contribution in [3.8, 4) is 5.75 Å². The molecule has 0 fully saturated rings. The molecule has 2 aromatic heterocycles. The standard InChI is InChI=1S/C32H26FN3O4S.C22H22FN3O3S.C13H12/c1-41(38,39)35-28-25-13-8-18-34-29(25)31(40-30(22-9-4-2-5-10-22)23-11-6-3-7-12-23)27-26(28)20-36(32(27)37)19-21-14-16-24(33)17-15-21;1-4-26(30(3,28)29)21-17-6-5-11-24-20(17)14(2)19-18(21)13-25(22(19)27)12-15-7-9-16(23)10-8-15;1-3-7-12(8-4-1)11-13-9-5-2-6-10-13/h2-18,30,35H,19-20H2,1H3;5-11H,4,12-13H2,1-3H3;1-10H,11H2. The molecule has 0 atom stereocenters. The van der Waals surface area contributed by atoms with Gasteiger partial charge in [0.2, 0.25) is 20.0 Å². The Morgan fingerprint density at radius 1 is 0.560 bits per heavy atom. The van der Waals surface area contributed by atoms with Crippen LogP contribution in [0.3, 0.4) is 0 Å². The van der Waals surface area contributed by atoms with E-state index in [-0.39, 0.29) is 60.9 Å². The van der Waals surface area contributed by atoms with Gasteiger partial charge in [0, 0.05) is 67.0 Å². The first-order chi connectivity index (χ1) is 40.4. The summed E-state index contributed by atoms with van der Waals surface area (Å²) in [5.41, 5.74) is 10.5. The largest absolute Gasteiger partial charge is 0.478 e. The lowest BCUT2D eigenvalue weighted by atomic mass is 9.97. The lowest BCUT2D eigenvalue weighted by molar-refractivity contribution is 0.0757. The van der Waals surface area contributed by atoms with E-state index in [1.54, 1.807) is 71.6 Å². The third kappa shape index (κ3) is 13.0. The second-order valence-electron chi connectivity index (χ2n) is 20.5. The highest BCUT2D eigenvalue weighted by atomic mass is 32.2. The molecule has 17 heteroatoms.